The molecule has 0 atom stereocenters. The maximum atomic E-state index is 2.33. The van der Waals surface area contributed by atoms with E-state index >= 15 is 0 Å². The fraction of sp³-hybridized carbons (Fsp3) is 0.0323. The van der Waals surface area contributed by atoms with Crippen molar-refractivity contribution in [3.05, 3.63) is 140 Å². The molecule has 5 rings (SSSR count). The molecule has 2 nitrogen and oxygen atoms in total. The van der Waals surface area contributed by atoms with Gasteiger partial charge in [0, 0.05) is 34.1 Å². The van der Waals surface area contributed by atoms with E-state index in [4.69, 9.17) is 0 Å². The lowest BCUT2D eigenvalue weighted by molar-refractivity contribution is 1.25. The molecule has 0 saturated carbocycles. The Morgan fingerprint density at radius 1 is 0.382 bits per heavy atom. The van der Waals surface area contributed by atoms with Gasteiger partial charge in [0.2, 0.25) is 0 Å². The lowest BCUT2D eigenvalue weighted by atomic mass is 9.73. The number of anilines is 6. The van der Waals surface area contributed by atoms with Crippen molar-refractivity contribution in [2.24, 2.45) is 0 Å². The Morgan fingerprint density at radius 3 is 0.941 bits per heavy atom. The molecular formula is C31H27BN2. The van der Waals surface area contributed by atoms with Gasteiger partial charge in [-0.3, -0.25) is 0 Å². The Hall–Kier alpha value is -4.24. The first kappa shape index (κ1) is 21.6. The van der Waals surface area contributed by atoms with Crippen molar-refractivity contribution in [3.8, 4) is 0 Å². The summed E-state index contributed by atoms with van der Waals surface area (Å²) in [6.45, 7) is 2.22. The van der Waals surface area contributed by atoms with Gasteiger partial charge in [-0.1, -0.05) is 85.1 Å². The zero-order valence-corrected chi connectivity index (χ0v) is 19.4. The van der Waals surface area contributed by atoms with Gasteiger partial charge in [-0.25, -0.2) is 0 Å². The molecule has 0 fully saturated rings. The second-order valence-electron chi connectivity index (χ2n) is 8.22. The Morgan fingerprint density at radius 2 is 0.676 bits per heavy atom. The molecule has 0 aromatic heterocycles. The predicted molar refractivity (Wildman–Crippen MR) is 148 cm³/mol. The van der Waals surface area contributed by atoms with Crippen molar-refractivity contribution in [3.63, 3.8) is 0 Å². The topological polar surface area (TPSA) is 6.48 Å². The van der Waals surface area contributed by atoms with E-state index in [1.165, 1.54) is 5.46 Å². The highest BCUT2D eigenvalue weighted by molar-refractivity contribution is 6.52. The summed E-state index contributed by atoms with van der Waals surface area (Å²) in [4.78, 5) is 4.66. The van der Waals surface area contributed by atoms with E-state index in [-0.39, 0.29) is 0 Å². The molecule has 0 saturated heterocycles. The summed E-state index contributed by atoms with van der Waals surface area (Å²) < 4.78 is 0. The van der Waals surface area contributed by atoms with Gasteiger partial charge in [-0.2, -0.15) is 0 Å². The van der Waals surface area contributed by atoms with Crippen LogP contribution in [0.2, 0.25) is 6.82 Å². The van der Waals surface area contributed by atoms with Gasteiger partial charge >= 0.3 is 0 Å². The van der Waals surface area contributed by atoms with Gasteiger partial charge in [-0.05, 0) is 66.7 Å². The van der Waals surface area contributed by atoms with Crippen LogP contribution in [0.3, 0.4) is 0 Å². The third-order valence-corrected chi connectivity index (χ3v) is 5.94. The van der Waals surface area contributed by atoms with Crippen molar-refractivity contribution in [1.29, 1.82) is 0 Å². The van der Waals surface area contributed by atoms with Crippen LogP contribution in [-0.4, -0.2) is 7.28 Å². The maximum absolute atomic E-state index is 2.33. The van der Waals surface area contributed by atoms with Crippen LogP contribution in [0.25, 0.3) is 0 Å². The molecule has 0 aliphatic heterocycles. The fourth-order valence-electron chi connectivity index (χ4n) is 4.32. The Balaban J connectivity index is 1.71. The second-order valence-corrected chi connectivity index (χ2v) is 8.22. The molecular weight excluding hydrogens is 411 g/mol. The summed E-state index contributed by atoms with van der Waals surface area (Å²) in [6.07, 6.45) is 0. The SMILES string of the molecule is CBc1cc(N(c2ccccc2)c2ccccc2)cc(N(c2ccccc2)c2ccccc2)c1. The van der Waals surface area contributed by atoms with E-state index in [1.54, 1.807) is 0 Å². The van der Waals surface area contributed by atoms with E-state index in [0.29, 0.717) is 0 Å². The molecule has 0 unspecified atom stereocenters. The zero-order chi connectivity index (χ0) is 23.2. The van der Waals surface area contributed by atoms with Crippen molar-refractivity contribution < 1.29 is 0 Å². The van der Waals surface area contributed by atoms with Gasteiger partial charge < -0.3 is 9.80 Å². The lowest BCUT2D eigenvalue weighted by Crippen LogP contribution is -2.19. The highest BCUT2D eigenvalue weighted by Gasteiger charge is 2.18. The molecule has 0 bridgehead atoms. The monoisotopic (exact) mass is 438 g/mol. The van der Waals surface area contributed by atoms with Crippen LogP contribution in [0, 0.1) is 0 Å². The van der Waals surface area contributed by atoms with Gasteiger partial charge in [0.15, 0.2) is 7.28 Å². The summed E-state index contributed by atoms with van der Waals surface area (Å²) in [7, 11) is 0.954. The fourth-order valence-corrected chi connectivity index (χ4v) is 4.32. The summed E-state index contributed by atoms with van der Waals surface area (Å²) in [5, 5.41) is 0. The molecule has 0 radical (unpaired) electrons. The standard InChI is InChI=1S/C31H27BN2/c1-32-25-22-30(33(26-14-6-2-7-15-26)27-16-8-3-9-17-27)24-31(23-25)34(28-18-10-4-11-19-28)29-20-12-5-13-21-29/h2-24,32H,1H3. The number of nitrogens with zero attached hydrogens (tertiary/aromatic N) is 2. The summed E-state index contributed by atoms with van der Waals surface area (Å²) in [6, 6.07) is 49.2. The highest BCUT2D eigenvalue weighted by Crippen LogP contribution is 2.39. The summed E-state index contributed by atoms with van der Waals surface area (Å²) >= 11 is 0. The maximum Gasteiger partial charge on any atom is 0.154 e. The number of para-hydroxylation sites is 4. The van der Waals surface area contributed by atoms with Crippen LogP contribution in [0.1, 0.15) is 0 Å². The van der Waals surface area contributed by atoms with Gasteiger partial charge in [0.1, 0.15) is 0 Å². The molecule has 3 heteroatoms. The van der Waals surface area contributed by atoms with E-state index in [1.807, 2.05) is 0 Å². The molecule has 0 aliphatic rings. The molecule has 0 N–H and O–H groups in total. The average Bonchev–Trinajstić information content (AvgIpc) is 2.91. The minimum atomic E-state index is 0.954. The Labute approximate surface area is 203 Å². The summed E-state index contributed by atoms with van der Waals surface area (Å²) in [5.74, 6) is 0. The van der Waals surface area contributed by atoms with Crippen LogP contribution < -0.4 is 15.3 Å². The van der Waals surface area contributed by atoms with Gasteiger partial charge in [0.25, 0.3) is 0 Å². The first-order valence-electron chi connectivity index (χ1n) is 11.8. The van der Waals surface area contributed by atoms with Crippen LogP contribution >= 0.6 is 0 Å². The number of rotatable bonds is 7. The average molecular weight is 438 g/mol. The minimum Gasteiger partial charge on any atom is -0.310 e. The van der Waals surface area contributed by atoms with Gasteiger partial charge in [0.05, 0.1) is 0 Å². The normalized spacial score (nSPS) is 10.5. The Kier molecular flexibility index (Phi) is 6.44. The van der Waals surface area contributed by atoms with E-state index in [0.717, 1.165) is 41.4 Å². The van der Waals surface area contributed by atoms with E-state index in [2.05, 4.69) is 156 Å². The van der Waals surface area contributed by atoms with E-state index < -0.39 is 0 Å². The smallest absolute Gasteiger partial charge is 0.154 e. The molecule has 5 aromatic rings. The molecule has 5 aromatic carbocycles. The first-order chi connectivity index (χ1) is 16.8. The van der Waals surface area contributed by atoms with Crippen LogP contribution in [0.5, 0.6) is 0 Å². The molecule has 34 heavy (non-hydrogen) atoms. The van der Waals surface area contributed by atoms with Gasteiger partial charge in [-0.15, -0.1) is 0 Å². The van der Waals surface area contributed by atoms with Crippen LogP contribution in [0.4, 0.5) is 34.1 Å². The lowest BCUT2D eigenvalue weighted by Gasteiger charge is -2.30. The highest BCUT2D eigenvalue weighted by atomic mass is 15.2. The largest absolute Gasteiger partial charge is 0.310 e. The van der Waals surface area contributed by atoms with Crippen LogP contribution in [-0.2, 0) is 0 Å². The quantitative estimate of drug-likeness (QED) is 0.240. The third kappa shape index (κ3) is 4.60. The molecule has 0 aliphatic carbocycles. The number of benzene rings is 5. The molecule has 164 valence electrons. The van der Waals surface area contributed by atoms with Crippen LogP contribution in [0.15, 0.2) is 140 Å². The van der Waals surface area contributed by atoms with Crippen molar-refractivity contribution in [1.82, 2.24) is 0 Å². The number of hydrogen-bond acceptors (Lipinski definition) is 2. The molecule has 0 amide bonds. The summed E-state index contributed by atoms with van der Waals surface area (Å²) in [5.41, 5.74) is 8.13. The molecule has 0 heterocycles. The second kappa shape index (κ2) is 10.1. The molecule has 0 spiro atoms. The van der Waals surface area contributed by atoms with E-state index in [9.17, 15) is 0 Å². The first-order valence-corrected chi connectivity index (χ1v) is 11.8. The Bertz CT molecular complexity index is 1140. The van der Waals surface area contributed by atoms with Crippen molar-refractivity contribution >= 4 is 46.9 Å². The zero-order valence-electron chi connectivity index (χ0n) is 19.4. The minimum absolute atomic E-state index is 0.954. The van der Waals surface area contributed by atoms with Crippen molar-refractivity contribution in [2.75, 3.05) is 9.80 Å². The number of hydrogen-bond donors (Lipinski definition) is 0. The third-order valence-electron chi connectivity index (χ3n) is 5.94. The predicted octanol–water partition coefficient (Wildman–Crippen LogP) is 7.74. The van der Waals surface area contributed by atoms with Crippen molar-refractivity contribution in [2.45, 2.75) is 6.82 Å².